The lowest BCUT2D eigenvalue weighted by Gasteiger charge is -2.41. The van der Waals surface area contributed by atoms with Gasteiger partial charge in [0.05, 0.1) is 31.2 Å². The molecule has 0 spiro atoms. The molecule has 1 aliphatic heterocycles. The summed E-state index contributed by atoms with van der Waals surface area (Å²) in [6.07, 6.45) is 0.573. The first-order chi connectivity index (χ1) is 16.4. The Kier molecular flexibility index (Phi) is 7.03. The molecule has 0 aliphatic carbocycles. The predicted molar refractivity (Wildman–Crippen MR) is 129 cm³/mol. The molecule has 0 saturated carbocycles. The molecular weight excluding hydrogens is 459 g/mol. The van der Waals surface area contributed by atoms with Gasteiger partial charge < -0.3 is 19.7 Å². The van der Waals surface area contributed by atoms with Crippen LogP contribution >= 0.6 is 11.6 Å². The first kappa shape index (κ1) is 23.6. The minimum absolute atomic E-state index is 0.0804. The molecule has 0 bridgehead atoms. The topological polar surface area (TPSA) is 67.9 Å². The third kappa shape index (κ3) is 4.84. The van der Waals surface area contributed by atoms with Gasteiger partial charge in [-0.1, -0.05) is 23.7 Å². The summed E-state index contributed by atoms with van der Waals surface area (Å²) in [6.45, 7) is 0. The summed E-state index contributed by atoms with van der Waals surface area (Å²) in [5, 5.41) is 2.75. The number of ether oxygens (including phenoxy) is 2. The van der Waals surface area contributed by atoms with Gasteiger partial charge in [-0.2, -0.15) is 0 Å². The van der Waals surface area contributed by atoms with E-state index >= 15 is 0 Å². The summed E-state index contributed by atoms with van der Waals surface area (Å²) < 4.78 is 24.1. The molecular formula is C26H24ClFN2O4. The Morgan fingerprint density at radius 3 is 2.21 bits per heavy atom. The van der Waals surface area contributed by atoms with Crippen molar-refractivity contribution in [1.82, 2.24) is 0 Å². The Balaban J connectivity index is 1.72. The second-order valence-corrected chi connectivity index (χ2v) is 8.35. The Morgan fingerprint density at radius 1 is 1.00 bits per heavy atom. The Hall–Kier alpha value is -3.58. The van der Waals surface area contributed by atoms with E-state index in [1.165, 1.54) is 18.2 Å². The smallest absolute Gasteiger partial charge is 0.229 e. The summed E-state index contributed by atoms with van der Waals surface area (Å²) >= 11 is 5.88. The van der Waals surface area contributed by atoms with Crippen LogP contribution in [-0.2, 0) is 9.59 Å². The molecule has 1 saturated heterocycles. The van der Waals surface area contributed by atoms with Crippen LogP contribution in [0.2, 0.25) is 5.02 Å². The van der Waals surface area contributed by atoms with Crippen LogP contribution in [0.15, 0.2) is 66.7 Å². The van der Waals surface area contributed by atoms with Crippen LogP contribution < -0.4 is 19.7 Å². The molecule has 1 fully saturated rings. The number of anilines is 2. The third-order valence-electron chi connectivity index (χ3n) is 5.93. The minimum atomic E-state index is -0.565. The molecule has 1 heterocycles. The van der Waals surface area contributed by atoms with Crippen LogP contribution in [0, 0.1) is 11.7 Å². The van der Waals surface area contributed by atoms with Crippen molar-refractivity contribution < 1.29 is 23.5 Å². The number of hydrogen-bond donors (Lipinski definition) is 1. The average molecular weight is 483 g/mol. The van der Waals surface area contributed by atoms with Crippen molar-refractivity contribution in [1.29, 1.82) is 0 Å². The fourth-order valence-corrected chi connectivity index (χ4v) is 4.39. The number of carbonyl (C=O) groups is 2. The van der Waals surface area contributed by atoms with E-state index in [-0.39, 0.29) is 23.3 Å². The molecule has 3 aromatic rings. The standard InChI is InChI=1S/C26H24ClFN2O4/c1-33-19-8-3-16(4-9-19)25-21(26(32)29-17-5-13-23(28)22(27)15-17)12-14-24(31)30(25)18-6-10-20(34-2)11-7-18/h3-11,13,15,21,25H,12,14H2,1-2H3,(H,29,32)/t21-,25-/m1/s1. The van der Waals surface area contributed by atoms with Gasteiger partial charge in [0.25, 0.3) is 0 Å². The largest absolute Gasteiger partial charge is 0.497 e. The summed E-state index contributed by atoms with van der Waals surface area (Å²) in [5.41, 5.74) is 1.84. The highest BCUT2D eigenvalue weighted by molar-refractivity contribution is 6.31. The maximum atomic E-state index is 13.6. The number of benzene rings is 3. The maximum absolute atomic E-state index is 13.6. The predicted octanol–water partition coefficient (Wildman–Crippen LogP) is 5.62. The normalized spacial score (nSPS) is 17.9. The van der Waals surface area contributed by atoms with Gasteiger partial charge in [-0.05, 0) is 66.6 Å². The van der Waals surface area contributed by atoms with E-state index in [9.17, 15) is 14.0 Å². The van der Waals surface area contributed by atoms with Crippen LogP contribution in [0.5, 0.6) is 11.5 Å². The van der Waals surface area contributed by atoms with Crippen LogP contribution in [-0.4, -0.2) is 26.0 Å². The lowest BCUT2D eigenvalue weighted by Crippen LogP contribution is -2.46. The second-order valence-electron chi connectivity index (χ2n) is 7.94. The van der Waals surface area contributed by atoms with Gasteiger partial charge in [0.1, 0.15) is 17.3 Å². The molecule has 0 unspecified atom stereocenters. The lowest BCUT2D eigenvalue weighted by molar-refractivity contribution is -0.125. The molecule has 2 amide bonds. The highest BCUT2D eigenvalue weighted by Crippen LogP contribution is 2.41. The third-order valence-corrected chi connectivity index (χ3v) is 6.22. The maximum Gasteiger partial charge on any atom is 0.229 e. The summed E-state index contributed by atoms with van der Waals surface area (Å²) in [4.78, 5) is 28.2. The molecule has 176 valence electrons. The quantitative estimate of drug-likeness (QED) is 0.495. The molecule has 4 rings (SSSR count). The van der Waals surface area contributed by atoms with Crippen molar-refractivity contribution in [3.63, 3.8) is 0 Å². The van der Waals surface area contributed by atoms with E-state index in [1.807, 2.05) is 12.1 Å². The molecule has 0 aromatic heterocycles. The zero-order chi connectivity index (χ0) is 24.2. The number of piperidine rings is 1. The Labute approximate surface area is 202 Å². The van der Waals surface area contributed by atoms with Crippen molar-refractivity contribution in [2.75, 3.05) is 24.4 Å². The fraction of sp³-hybridized carbons (Fsp3) is 0.231. The minimum Gasteiger partial charge on any atom is -0.497 e. The molecule has 0 radical (unpaired) electrons. The summed E-state index contributed by atoms with van der Waals surface area (Å²) in [7, 11) is 3.15. The number of amides is 2. The van der Waals surface area contributed by atoms with E-state index in [4.69, 9.17) is 21.1 Å². The van der Waals surface area contributed by atoms with Crippen molar-refractivity contribution >= 4 is 34.8 Å². The molecule has 34 heavy (non-hydrogen) atoms. The Bertz CT molecular complexity index is 1180. The first-order valence-corrected chi connectivity index (χ1v) is 11.1. The number of rotatable bonds is 6. The SMILES string of the molecule is COc1ccc([C@@H]2[C@H](C(=O)Nc3ccc(F)c(Cl)c3)CCC(=O)N2c2ccc(OC)cc2)cc1. The van der Waals surface area contributed by atoms with Crippen molar-refractivity contribution in [3.05, 3.63) is 83.1 Å². The van der Waals surface area contributed by atoms with Crippen LogP contribution in [0.3, 0.4) is 0 Å². The second kappa shape index (κ2) is 10.1. The van der Waals surface area contributed by atoms with Crippen molar-refractivity contribution in [3.8, 4) is 11.5 Å². The van der Waals surface area contributed by atoms with Crippen LogP contribution in [0.1, 0.15) is 24.4 Å². The van der Waals surface area contributed by atoms with E-state index < -0.39 is 17.8 Å². The number of halogens is 2. The number of methoxy groups -OCH3 is 2. The first-order valence-electron chi connectivity index (χ1n) is 10.8. The number of carbonyl (C=O) groups excluding carboxylic acids is 2. The highest BCUT2D eigenvalue weighted by atomic mass is 35.5. The van der Waals surface area contributed by atoms with Crippen molar-refractivity contribution in [2.24, 2.45) is 5.92 Å². The number of nitrogens with zero attached hydrogens (tertiary/aromatic N) is 1. The molecule has 1 N–H and O–H groups in total. The monoisotopic (exact) mass is 482 g/mol. The zero-order valence-corrected chi connectivity index (χ0v) is 19.5. The van der Waals surface area contributed by atoms with Crippen LogP contribution in [0.4, 0.5) is 15.8 Å². The fourth-order valence-electron chi connectivity index (χ4n) is 4.21. The molecule has 6 nitrogen and oxygen atoms in total. The van der Waals surface area contributed by atoms with Gasteiger partial charge in [0.2, 0.25) is 11.8 Å². The average Bonchev–Trinajstić information content (AvgIpc) is 2.86. The van der Waals surface area contributed by atoms with Crippen molar-refractivity contribution in [2.45, 2.75) is 18.9 Å². The van der Waals surface area contributed by atoms with E-state index in [0.717, 1.165) is 5.56 Å². The molecule has 3 aromatic carbocycles. The molecule has 1 aliphatic rings. The number of nitrogens with one attached hydrogen (secondary N) is 1. The zero-order valence-electron chi connectivity index (χ0n) is 18.8. The number of hydrogen-bond acceptors (Lipinski definition) is 4. The molecule has 8 heteroatoms. The van der Waals surface area contributed by atoms with Gasteiger partial charge in [0.15, 0.2) is 0 Å². The van der Waals surface area contributed by atoms with Gasteiger partial charge in [-0.15, -0.1) is 0 Å². The summed E-state index contributed by atoms with van der Waals surface area (Å²) in [6, 6.07) is 17.9. The summed E-state index contributed by atoms with van der Waals surface area (Å²) in [5.74, 6) is -0.156. The van der Waals surface area contributed by atoms with Crippen LogP contribution in [0.25, 0.3) is 0 Å². The van der Waals surface area contributed by atoms with E-state index in [2.05, 4.69) is 5.32 Å². The lowest BCUT2D eigenvalue weighted by atomic mass is 9.83. The van der Waals surface area contributed by atoms with Gasteiger partial charge in [0, 0.05) is 17.8 Å². The van der Waals surface area contributed by atoms with E-state index in [1.54, 1.807) is 55.5 Å². The van der Waals surface area contributed by atoms with Gasteiger partial charge in [-0.25, -0.2) is 4.39 Å². The van der Waals surface area contributed by atoms with Gasteiger partial charge in [-0.3, -0.25) is 9.59 Å². The molecule has 2 atom stereocenters. The van der Waals surface area contributed by atoms with E-state index in [0.29, 0.717) is 29.3 Å². The van der Waals surface area contributed by atoms with Gasteiger partial charge >= 0.3 is 0 Å². The highest BCUT2D eigenvalue weighted by Gasteiger charge is 2.41. The Morgan fingerprint density at radius 2 is 1.62 bits per heavy atom.